The van der Waals surface area contributed by atoms with Gasteiger partial charge in [0.15, 0.2) is 0 Å². The van der Waals surface area contributed by atoms with Gasteiger partial charge >= 0.3 is 5.97 Å². The lowest BCUT2D eigenvalue weighted by Gasteiger charge is -2.10. The fourth-order valence-corrected chi connectivity index (χ4v) is 1.36. The van der Waals surface area contributed by atoms with Gasteiger partial charge < -0.3 is 10.5 Å². The summed E-state index contributed by atoms with van der Waals surface area (Å²) in [6, 6.07) is 0. The van der Waals surface area contributed by atoms with E-state index in [1.54, 1.807) is 0 Å². The highest BCUT2D eigenvalue weighted by molar-refractivity contribution is 6.33. The van der Waals surface area contributed by atoms with Crippen LogP contribution in [0.3, 0.4) is 0 Å². The minimum Gasteiger partial charge on any atom is -0.469 e. The molecule has 1 aromatic heterocycles. The van der Waals surface area contributed by atoms with Crippen molar-refractivity contribution in [3.63, 3.8) is 0 Å². The maximum atomic E-state index is 12.6. The van der Waals surface area contributed by atoms with Gasteiger partial charge in [0.05, 0.1) is 18.6 Å². The van der Waals surface area contributed by atoms with Gasteiger partial charge in [-0.05, 0) is 5.56 Å². The zero-order chi connectivity index (χ0) is 12.3. The van der Waals surface area contributed by atoms with E-state index in [-0.39, 0.29) is 22.8 Å². The van der Waals surface area contributed by atoms with E-state index >= 15 is 0 Å². The predicted molar refractivity (Wildman–Crippen MR) is 54.3 cm³/mol. The third-order valence-corrected chi connectivity index (χ3v) is 2.39. The molecule has 0 aromatic carbocycles. The molecule has 0 fully saturated rings. The molecule has 0 bridgehead atoms. The van der Waals surface area contributed by atoms with Crippen molar-refractivity contribution in [2.45, 2.75) is 12.8 Å². The minimum absolute atomic E-state index is 0.0454. The smallest absolute Gasteiger partial charge is 0.310 e. The van der Waals surface area contributed by atoms with Crippen molar-refractivity contribution in [1.29, 1.82) is 0 Å². The number of alkyl halides is 2. The van der Waals surface area contributed by atoms with Crippen LogP contribution in [-0.4, -0.2) is 18.1 Å². The van der Waals surface area contributed by atoms with Crippen LogP contribution in [0.15, 0.2) is 6.20 Å². The number of rotatable bonds is 3. The van der Waals surface area contributed by atoms with Gasteiger partial charge in [-0.3, -0.25) is 4.79 Å². The first kappa shape index (κ1) is 12.6. The summed E-state index contributed by atoms with van der Waals surface area (Å²) in [6.45, 7) is 0. The molecular weight excluding hydrogens is 242 g/mol. The van der Waals surface area contributed by atoms with E-state index in [0.717, 1.165) is 13.3 Å². The number of nitrogens with zero attached hydrogens (tertiary/aromatic N) is 1. The molecule has 1 rings (SSSR count). The first-order valence-corrected chi connectivity index (χ1v) is 4.62. The SMILES string of the molecule is COC(=O)Cc1c(C(F)F)cnc(N)c1Cl. The van der Waals surface area contributed by atoms with Crippen LogP contribution in [-0.2, 0) is 16.0 Å². The summed E-state index contributed by atoms with van der Waals surface area (Å²) < 4.78 is 29.6. The van der Waals surface area contributed by atoms with Gasteiger partial charge in [-0.15, -0.1) is 0 Å². The summed E-state index contributed by atoms with van der Waals surface area (Å²) in [7, 11) is 1.16. The highest BCUT2D eigenvalue weighted by Crippen LogP contribution is 2.31. The number of pyridine rings is 1. The van der Waals surface area contributed by atoms with Crippen molar-refractivity contribution in [2.75, 3.05) is 12.8 Å². The highest BCUT2D eigenvalue weighted by atomic mass is 35.5. The number of hydrogen-bond donors (Lipinski definition) is 1. The average Bonchev–Trinajstić information content (AvgIpc) is 2.24. The average molecular weight is 251 g/mol. The molecule has 0 saturated carbocycles. The number of ether oxygens (including phenoxy) is 1. The fraction of sp³-hybridized carbons (Fsp3) is 0.333. The summed E-state index contributed by atoms with van der Waals surface area (Å²) in [5.41, 5.74) is 4.91. The Kier molecular flexibility index (Phi) is 4.00. The van der Waals surface area contributed by atoms with E-state index in [1.165, 1.54) is 0 Å². The number of hydrogen-bond acceptors (Lipinski definition) is 4. The van der Waals surface area contributed by atoms with Crippen molar-refractivity contribution < 1.29 is 18.3 Å². The molecular formula is C9H9ClF2N2O2. The largest absolute Gasteiger partial charge is 0.469 e. The van der Waals surface area contributed by atoms with Crippen LogP contribution in [0.4, 0.5) is 14.6 Å². The zero-order valence-electron chi connectivity index (χ0n) is 8.34. The van der Waals surface area contributed by atoms with Crippen LogP contribution in [0, 0.1) is 0 Å². The molecule has 1 heterocycles. The first-order chi connectivity index (χ1) is 7.47. The van der Waals surface area contributed by atoms with Crippen LogP contribution in [0.2, 0.25) is 5.02 Å². The van der Waals surface area contributed by atoms with Crippen LogP contribution >= 0.6 is 11.6 Å². The Bertz CT molecular complexity index is 413. The number of nitrogen functional groups attached to an aromatic ring is 1. The Morgan fingerprint density at radius 2 is 2.31 bits per heavy atom. The van der Waals surface area contributed by atoms with E-state index in [1.807, 2.05) is 0 Å². The monoisotopic (exact) mass is 250 g/mol. The number of halogens is 3. The fourth-order valence-electron chi connectivity index (χ4n) is 1.14. The molecule has 0 saturated heterocycles. The van der Waals surface area contributed by atoms with Crippen LogP contribution in [0.1, 0.15) is 17.6 Å². The molecule has 0 unspecified atom stereocenters. The molecule has 88 valence electrons. The molecule has 0 amide bonds. The second kappa shape index (κ2) is 5.07. The Morgan fingerprint density at radius 3 is 2.81 bits per heavy atom. The first-order valence-electron chi connectivity index (χ1n) is 4.25. The second-order valence-corrected chi connectivity index (χ2v) is 3.32. The van der Waals surface area contributed by atoms with Gasteiger partial charge in [0.25, 0.3) is 6.43 Å². The van der Waals surface area contributed by atoms with Crippen molar-refractivity contribution in [3.05, 3.63) is 22.3 Å². The molecule has 0 aliphatic heterocycles. The molecule has 0 atom stereocenters. The number of esters is 1. The summed E-state index contributed by atoms with van der Waals surface area (Å²) in [5, 5.41) is -0.136. The predicted octanol–water partition coefficient (Wildman–Crippen LogP) is 1.97. The standard InChI is InChI=1S/C9H9ClF2N2O2/c1-16-6(15)2-4-5(8(11)12)3-14-9(13)7(4)10/h3,8H,2H2,1H3,(H2,13,14). The normalized spacial score (nSPS) is 10.6. The zero-order valence-corrected chi connectivity index (χ0v) is 9.09. The third-order valence-electron chi connectivity index (χ3n) is 1.96. The van der Waals surface area contributed by atoms with E-state index in [9.17, 15) is 13.6 Å². The Hall–Kier alpha value is -1.43. The number of aromatic nitrogens is 1. The number of carbonyl (C=O) groups excluding carboxylic acids is 1. The lowest BCUT2D eigenvalue weighted by Crippen LogP contribution is -2.10. The van der Waals surface area contributed by atoms with Crippen molar-refractivity contribution in [3.8, 4) is 0 Å². The van der Waals surface area contributed by atoms with E-state index < -0.39 is 18.0 Å². The maximum Gasteiger partial charge on any atom is 0.310 e. The van der Waals surface area contributed by atoms with Crippen LogP contribution in [0.25, 0.3) is 0 Å². The van der Waals surface area contributed by atoms with Gasteiger partial charge in [-0.1, -0.05) is 11.6 Å². The molecule has 4 nitrogen and oxygen atoms in total. The molecule has 1 aromatic rings. The summed E-state index contributed by atoms with van der Waals surface area (Å²) in [6.07, 6.45) is -2.23. The topological polar surface area (TPSA) is 65.2 Å². The van der Waals surface area contributed by atoms with Gasteiger partial charge in [-0.2, -0.15) is 0 Å². The van der Waals surface area contributed by atoms with E-state index in [0.29, 0.717) is 0 Å². The number of carbonyl (C=O) groups is 1. The number of anilines is 1. The third kappa shape index (κ3) is 2.57. The Balaban J connectivity index is 3.20. The summed E-state index contributed by atoms with van der Waals surface area (Å²) in [5.74, 6) is -0.764. The summed E-state index contributed by atoms with van der Waals surface area (Å²) >= 11 is 5.71. The lowest BCUT2D eigenvalue weighted by molar-refractivity contribution is -0.139. The van der Waals surface area contributed by atoms with Gasteiger partial charge in [-0.25, -0.2) is 13.8 Å². The summed E-state index contributed by atoms with van der Waals surface area (Å²) in [4.78, 5) is 14.5. The van der Waals surface area contributed by atoms with Gasteiger partial charge in [0, 0.05) is 11.8 Å². The van der Waals surface area contributed by atoms with Crippen molar-refractivity contribution >= 4 is 23.4 Å². The second-order valence-electron chi connectivity index (χ2n) is 2.94. The molecule has 0 spiro atoms. The van der Waals surface area contributed by atoms with Gasteiger partial charge in [0.2, 0.25) is 0 Å². The Morgan fingerprint density at radius 1 is 1.69 bits per heavy atom. The van der Waals surface area contributed by atoms with Crippen LogP contribution < -0.4 is 5.73 Å². The highest BCUT2D eigenvalue weighted by Gasteiger charge is 2.20. The molecule has 0 aliphatic rings. The maximum absolute atomic E-state index is 12.6. The molecule has 0 aliphatic carbocycles. The van der Waals surface area contributed by atoms with Gasteiger partial charge in [0.1, 0.15) is 5.82 Å². The van der Waals surface area contributed by atoms with Crippen molar-refractivity contribution in [2.24, 2.45) is 0 Å². The van der Waals surface area contributed by atoms with E-state index in [4.69, 9.17) is 17.3 Å². The van der Waals surface area contributed by atoms with E-state index in [2.05, 4.69) is 9.72 Å². The lowest BCUT2D eigenvalue weighted by atomic mass is 10.1. The van der Waals surface area contributed by atoms with Crippen LogP contribution in [0.5, 0.6) is 0 Å². The number of methoxy groups -OCH3 is 1. The molecule has 7 heteroatoms. The Labute approximate surface area is 95.4 Å². The number of nitrogens with two attached hydrogens (primary N) is 1. The minimum atomic E-state index is -2.77. The molecule has 2 N–H and O–H groups in total. The molecule has 0 radical (unpaired) electrons. The van der Waals surface area contributed by atoms with Crippen molar-refractivity contribution in [1.82, 2.24) is 4.98 Å². The quantitative estimate of drug-likeness (QED) is 0.833. The molecule has 16 heavy (non-hydrogen) atoms.